The lowest BCUT2D eigenvalue weighted by Gasteiger charge is -2.08. The summed E-state index contributed by atoms with van der Waals surface area (Å²) >= 11 is 0. The highest BCUT2D eigenvalue weighted by Gasteiger charge is 2.02. The summed E-state index contributed by atoms with van der Waals surface area (Å²) in [6.45, 7) is 4.38. The van der Waals surface area contributed by atoms with E-state index >= 15 is 0 Å². The molecule has 1 radical (unpaired) electrons. The second-order valence-electron chi connectivity index (χ2n) is 3.50. The summed E-state index contributed by atoms with van der Waals surface area (Å²) in [6, 6.07) is 8.16. The minimum atomic E-state index is 0.630. The van der Waals surface area contributed by atoms with Crippen molar-refractivity contribution in [1.82, 2.24) is 0 Å². The van der Waals surface area contributed by atoms with Crippen molar-refractivity contribution in [3.05, 3.63) is 36.2 Å². The fraction of sp³-hybridized carbons (Fsp3) is 0.417. The van der Waals surface area contributed by atoms with Crippen LogP contribution in [0.3, 0.4) is 0 Å². The molecular formula is C12H17O. The van der Waals surface area contributed by atoms with Crippen LogP contribution in [-0.4, -0.2) is 7.11 Å². The van der Waals surface area contributed by atoms with Crippen molar-refractivity contribution in [2.45, 2.75) is 20.3 Å². The van der Waals surface area contributed by atoms with Crippen LogP contribution in [0.15, 0.2) is 24.3 Å². The van der Waals surface area contributed by atoms with Crippen molar-refractivity contribution >= 4 is 0 Å². The molecule has 1 rings (SSSR count). The lowest BCUT2D eigenvalue weighted by molar-refractivity contribution is 0.410. The highest BCUT2D eigenvalue weighted by molar-refractivity contribution is 5.34. The molecule has 1 aromatic rings. The molecule has 1 aromatic carbocycles. The third-order valence-electron chi connectivity index (χ3n) is 2.00. The molecule has 0 aliphatic heterocycles. The Bertz CT molecular complexity index is 253. The third kappa shape index (κ3) is 3.10. The fourth-order valence-electron chi connectivity index (χ4n) is 1.23. The quantitative estimate of drug-likeness (QED) is 0.686. The smallest absolute Gasteiger partial charge is 0.122 e. The van der Waals surface area contributed by atoms with Gasteiger partial charge in [0.15, 0.2) is 0 Å². The van der Waals surface area contributed by atoms with Gasteiger partial charge in [-0.1, -0.05) is 32.0 Å². The molecule has 0 spiro atoms. The predicted molar refractivity (Wildman–Crippen MR) is 55.8 cm³/mol. The molecule has 0 aromatic heterocycles. The number of ether oxygens (including phenoxy) is 1. The summed E-state index contributed by atoms with van der Waals surface area (Å²) < 4.78 is 5.26. The van der Waals surface area contributed by atoms with E-state index in [0.717, 1.165) is 12.2 Å². The van der Waals surface area contributed by atoms with Gasteiger partial charge in [0.1, 0.15) is 5.75 Å². The molecule has 0 bridgehead atoms. The van der Waals surface area contributed by atoms with E-state index in [-0.39, 0.29) is 0 Å². The molecule has 0 fully saturated rings. The second kappa shape index (κ2) is 4.90. The zero-order valence-electron chi connectivity index (χ0n) is 8.58. The van der Waals surface area contributed by atoms with Crippen LogP contribution in [0.5, 0.6) is 5.75 Å². The van der Waals surface area contributed by atoms with Gasteiger partial charge in [0.2, 0.25) is 0 Å². The maximum Gasteiger partial charge on any atom is 0.122 e. The van der Waals surface area contributed by atoms with E-state index in [1.165, 1.54) is 5.56 Å². The molecule has 0 aliphatic rings. The van der Waals surface area contributed by atoms with Crippen LogP contribution < -0.4 is 4.74 Å². The zero-order chi connectivity index (χ0) is 9.68. The molecule has 1 nitrogen and oxygen atoms in total. The van der Waals surface area contributed by atoms with E-state index in [1.807, 2.05) is 18.2 Å². The molecular weight excluding hydrogens is 160 g/mol. The van der Waals surface area contributed by atoms with Crippen molar-refractivity contribution in [3.8, 4) is 5.75 Å². The fourth-order valence-corrected chi connectivity index (χ4v) is 1.23. The first-order valence-electron chi connectivity index (χ1n) is 4.69. The van der Waals surface area contributed by atoms with Gasteiger partial charge in [-0.25, -0.2) is 0 Å². The monoisotopic (exact) mass is 177 g/mol. The van der Waals surface area contributed by atoms with Gasteiger partial charge in [0.25, 0.3) is 0 Å². The van der Waals surface area contributed by atoms with Crippen molar-refractivity contribution in [3.63, 3.8) is 0 Å². The Morgan fingerprint density at radius 1 is 1.31 bits per heavy atom. The largest absolute Gasteiger partial charge is 0.496 e. The molecule has 0 saturated carbocycles. The van der Waals surface area contributed by atoms with Crippen LogP contribution in [0, 0.1) is 12.3 Å². The Kier molecular flexibility index (Phi) is 3.81. The SMILES string of the molecule is COc1ccccc1C[CH]C(C)C. The summed E-state index contributed by atoms with van der Waals surface area (Å²) in [4.78, 5) is 0. The lowest BCUT2D eigenvalue weighted by atomic mass is 10.0. The average Bonchev–Trinajstić information content (AvgIpc) is 2.15. The van der Waals surface area contributed by atoms with E-state index in [0.29, 0.717) is 5.92 Å². The van der Waals surface area contributed by atoms with Crippen LogP contribution in [0.4, 0.5) is 0 Å². The van der Waals surface area contributed by atoms with Gasteiger partial charge in [0.05, 0.1) is 7.11 Å². The minimum absolute atomic E-state index is 0.630. The van der Waals surface area contributed by atoms with Gasteiger partial charge in [-0.2, -0.15) is 0 Å². The van der Waals surface area contributed by atoms with E-state index in [1.54, 1.807) is 7.11 Å². The molecule has 13 heavy (non-hydrogen) atoms. The summed E-state index contributed by atoms with van der Waals surface area (Å²) in [5, 5.41) is 0. The van der Waals surface area contributed by atoms with E-state index in [2.05, 4.69) is 26.3 Å². The number of rotatable bonds is 4. The maximum absolute atomic E-state index is 5.26. The Morgan fingerprint density at radius 3 is 2.62 bits per heavy atom. The minimum Gasteiger partial charge on any atom is -0.496 e. The van der Waals surface area contributed by atoms with Crippen molar-refractivity contribution < 1.29 is 4.74 Å². The average molecular weight is 177 g/mol. The van der Waals surface area contributed by atoms with Crippen LogP contribution in [0.2, 0.25) is 0 Å². The van der Waals surface area contributed by atoms with Crippen molar-refractivity contribution in [1.29, 1.82) is 0 Å². The molecule has 71 valence electrons. The van der Waals surface area contributed by atoms with E-state index in [9.17, 15) is 0 Å². The van der Waals surface area contributed by atoms with Gasteiger partial charge in [0, 0.05) is 0 Å². The Hall–Kier alpha value is -0.980. The van der Waals surface area contributed by atoms with Gasteiger partial charge in [-0.05, 0) is 30.4 Å². The number of methoxy groups -OCH3 is 1. The van der Waals surface area contributed by atoms with Gasteiger partial charge in [-0.3, -0.25) is 0 Å². The molecule has 0 amide bonds. The maximum atomic E-state index is 5.26. The summed E-state index contributed by atoms with van der Waals surface area (Å²) in [5.74, 6) is 1.62. The van der Waals surface area contributed by atoms with Crippen molar-refractivity contribution in [2.24, 2.45) is 5.92 Å². The Labute approximate surface area is 80.7 Å². The standard InChI is InChI=1S/C12H17O/c1-10(2)8-9-11-6-4-5-7-12(11)13-3/h4-8,10H,9H2,1-3H3. The molecule has 0 aliphatic carbocycles. The zero-order valence-corrected chi connectivity index (χ0v) is 8.58. The highest BCUT2D eigenvalue weighted by Crippen LogP contribution is 2.19. The van der Waals surface area contributed by atoms with Gasteiger partial charge >= 0.3 is 0 Å². The highest BCUT2D eigenvalue weighted by atomic mass is 16.5. The van der Waals surface area contributed by atoms with E-state index in [4.69, 9.17) is 4.74 Å². The molecule has 0 atom stereocenters. The third-order valence-corrected chi connectivity index (χ3v) is 2.00. The summed E-state index contributed by atoms with van der Waals surface area (Å²) in [5.41, 5.74) is 1.26. The van der Waals surface area contributed by atoms with Crippen molar-refractivity contribution in [2.75, 3.05) is 7.11 Å². The van der Waals surface area contributed by atoms with Crippen LogP contribution in [-0.2, 0) is 6.42 Å². The molecule has 0 saturated heterocycles. The molecule has 0 heterocycles. The van der Waals surface area contributed by atoms with Gasteiger partial charge in [-0.15, -0.1) is 0 Å². The number of para-hydroxylation sites is 1. The molecule has 0 N–H and O–H groups in total. The van der Waals surface area contributed by atoms with Crippen LogP contribution >= 0.6 is 0 Å². The topological polar surface area (TPSA) is 9.23 Å². The Balaban J connectivity index is 2.64. The second-order valence-corrected chi connectivity index (χ2v) is 3.50. The first-order valence-corrected chi connectivity index (χ1v) is 4.69. The Morgan fingerprint density at radius 2 is 2.00 bits per heavy atom. The molecule has 1 heteroatoms. The lowest BCUT2D eigenvalue weighted by Crippen LogP contribution is -1.96. The number of hydrogen-bond donors (Lipinski definition) is 0. The van der Waals surface area contributed by atoms with Crippen LogP contribution in [0.25, 0.3) is 0 Å². The van der Waals surface area contributed by atoms with E-state index < -0.39 is 0 Å². The summed E-state index contributed by atoms with van der Waals surface area (Å²) in [7, 11) is 1.72. The number of benzene rings is 1. The van der Waals surface area contributed by atoms with Gasteiger partial charge < -0.3 is 4.74 Å². The first-order chi connectivity index (χ1) is 6.24. The first kappa shape index (κ1) is 10.1. The molecule has 0 unspecified atom stereocenters. The number of hydrogen-bond acceptors (Lipinski definition) is 1. The predicted octanol–water partition coefficient (Wildman–Crippen LogP) is 3.10. The normalized spacial score (nSPS) is 10.5. The van der Waals surface area contributed by atoms with Crippen LogP contribution in [0.1, 0.15) is 19.4 Å². The summed E-state index contributed by atoms with van der Waals surface area (Å²) in [6.07, 6.45) is 3.28.